The Bertz CT molecular complexity index is 1410. The molecule has 0 radical (unpaired) electrons. The van der Waals surface area contributed by atoms with Crippen LogP contribution in [0.15, 0.2) is 66.9 Å². The zero-order valence-corrected chi connectivity index (χ0v) is 21.7. The van der Waals surface area contributed by atoms with Crippen LogP contribution < -0.4 is 10.2 Å². The normalized spacial score (nSPS) is 17.6. The number of hydrogen-bond donors (Lipinski definition) is 2. The molecule has 0 saturated carbocycles. The van der Waals surface area contributed by atoms with Gasteiger partial charge in [0.15, 0.2) is 5.11 Å². The molecule has 4 aromatic rings. The van der Waals surface area contributed by atoms with Gasteiger partial charge in [0, 0.05) is 28.3 Å². The number of phenolic OH excluding ortho intramolecular Hbond substituents is 1. The number of aryl methyl sites for hydroxylation is 3. The van der Waals surface area contributed by atoms with Crippen molar-refractivity contribution in [3.8, 4) is 11.4 Å². The van der Waals surface area contributed by atoms with E-state index >= 15 is 0 Å². The van der Waals surface area contributed by atoms with Crippen LogP contribution in [0.25, 0.3) is 5.69 Å². The summed E-state index contributed by atoms with van der Waals surface area (Å²) in [5, 5.41) is 15.3. The van der Waals surface area contributed by atoms with Gasteiger partial charge in [-0.2, -0.15) is 0 Å². The van der Waals surface area contributed by atoms with Crippen LogP contribution in [0, 0.1) is 27.7 Å². The lowest BCUT2D eigenvalue weighted by molar-refractivity contribution is 0.472. The van der Waals surface area contributed by atoms with E-state index in [1.54, 1.807) is 24.4 Å². The molecule has 1 aliphatic heterocycles. The van der Waals surface area contributed by atoms with E-state index in [2.05, 4.69) is 66.8 Å². The van der Waals surface area contributed by atoms with Crippen LogP contribution in [0.1, 0.15) is 45.9 Å². The van der Waals surface area contributed by atoms with Crippen molar-refractivity contribution >= 4 is 34.6 Å². The summed E-state index contributed by atoms with van der Waals surface area (Å²) in [6.45, 7) is 8.48. The van der Waals surface area contributed by atoms with Crippen molar-refractivity contribution in [2.45, 2.75) is 39.8 Å². The Hall–Kier alpha value is -3.35. The van der Waals surface area contributed by atoms with Gasteiger partial charge in [0.1, 0.15) is 5.75 Å². The lowest BCUT2D eigenvalue weighted by atomic mass is 9.96. The molecule has 1 fully saturated rings. The first-order chi connectivity index (χ1) is 16.7. The first kappa shape index (κ1) is 23.4. The summed E-state index contributed by atoms with van der Waals surface area (Å²) >= 11 is 12.2. The standard InChI is InChI=1S/C28H27ClN4OS/c1-16-11-17(2)13-21(12-16)32-18(3)14-22(19(32)4)27-26(23-7-5-6-10-30-23)31-28(35)33(27)24-15-20(29)8-9-25(24)34/h5-15,26-27,34H,1-4H3,(H,31,35). The van der Waals surface area contributed by atoms with Crippen molar-refractivity contribution in [2.24, 2.45) is 0 Å². The number of phenols is 1. The monoisotopic (exact) mass is 502 g/mol. The molecule has 0 amide bonds. The Morgan fingerprint density at radius 2 is 1.71 bits per heavy atom. The summed E-state index contributed by atoms with van der Waals surface area (Å²) in [5.74, 6) is 0.119. The molecule has 2 aromatic carbocycles. The lowest BCUT2D eigenvalue weighted by Crippen LogP contribution is -2.29. The van der Waals surface area contributed by atoms with Crippen LogP contribution in [-0.4, -0.2) is 19.8 Å². The average Bonchev–Trinajstić information content (AvgIpc) is 3.30. The molecule has 3 heterocycles. The third-order valence-corrected chi connectivity index (χ3v) is 7.10. The second kappa shape index (κ2) is 9.02. The molecule has 178 valence electrons. The minimum Gasteiger partial charge on any atom is -0.506 e. The number of aromatic nitrogens is 2. The van der Waals surface area contributed by atoms with Gasteiger partial charge in [0.25, 0.3) is 0 Å². The number of thiocarbonyl (C=S) groups is 1. The number of aromatic hydroxyl groups is 1. The maximum atomic E-state index is 10.8. The Balaban J connectivity index is 1.72. The van der Waals surface area contributed by atoms with Crippen molar-refractivity contribution in [2.75, 3.05) is 4.90 Å². The van der Waals surface area contributed by atoms with Crippen molar-refractivity contribution in [3.05, 3.63) is 106 Å². The minimum absolute atomic E-state index is 0.119. The van der Waals surface area contributed by atoms with Gasteiger partial charge in [0.05, 0.1) is 23.5 Å². The number of hydrogen-bond acceptors (Lipinski definition) is 3. The number of nitrogens with one attached hydrogen (secondary N) is 1. The quantitative estimate of drug-likeness (QED) is 0.306. The average molecular weight is 503 g/mol. The zero-order chi connectivity index (χ0) is 24.9. The lowest BCUT2D eigenvalue weighted by Gasteiger charge is -2.28. The number of rotatable bonds is 4. The van der Waals surface area contributed by atoms with Gasteiger partial charge in [0.2, 0.25) is 0 Å². The number of pyridine rings is 1. The van der Waals surface area contributed by atoms with Crippen LogP contribution in [0.4, 0.5) is 5.69 Å². The maximum Gasteiger partial charge on any atom is 0.174 e. The highest BCUT2D eigenvalue weighted by Crippen LogP contribution is 2.46. The second-order valence-electron chi connectivity index (χ2n) is 9.14. The molecule has 0 aliphatic carbocycles. The molecule has 2 aromatic heterocycles. The first-order valence-electron chi connectivity index (χ1n) is 11.5. The fourth-order valence-corrected chi connectivity index (χ4v) is 5.69. The van der Waals surface area contributed by atoms with Crippen LogP contribution >= 0.6 is 23.8 Å². The highest BCUT2D eigenvalue weighted by molar-refractivity contribution is 7.80. The summed E-state index contributed by atoms with van der Waals surface area (Å²) in [7, 11) is 0. The molecule has 1 aliphatic rings. The molecule has 35 heavy (non-hydrogen) atoms. The smallest absolute Gasteiger partial charge is 0.174 e. The SMILES string of the molecule is Cc1cc(C)cc(-n2c(C)cc(C3C(c4ccccn4)NC(=S)N3c3cc(Cl)ccc3O)c2C)c1. The third-order valence-electron chi connectivity index (χ3n) is 6.55. The molecular weight excluding hydrogens is 476 g/mol. The van der Waals surface area contributed by atoms with Gasteiger partial charge in [-0.25, -0.2) is 0 Å². The minimum atomic E-state index is -0.243. The number of anilines is 1. The van der Waals surface area contributed by atoms with E-state index in [-0.39, 0.29) is 17.8 Å². The molecule has 2 N–H and O–H groups in total. The van der Waals surface area contributed by atoms with E-state index in [0.29, 0.717) is 15.8 Å². The summed E-state index contributed by atoms with van der Waals surface area (Å²) in [6.07, 6.45) is 1.79. The van der Waals surface area contributed by atoms with Gasteiger partial charge in [-0.1, -0.05) is 23.7 Å². The summed E-state index contributed by atoms with van der Waals surface area (Å²) < 4.78 is 2.28. The van der Waals surface area contributed by atoms with Gasteiger partial charge < -0.3 is 19.9 Å². The highest BCUT2D eigenvalue weighted by Gasteiger charge is 2.43. The molecule has 0 spiro atoms. The largest absolute Gasteiger partial charge is 0.506 e. The fourth-order valence-electron chi connectivity index (χ4n) is 5.18. The Morgan fingerprint density at radius 1 is 0.971 bits per heavy atom. The molecular formula is C28H27ClN4OS. The van der Waals surface area contributed by atoms with E-state index in [9.17, 15) is 5.11 Å². The van der Waals surface area contributed by atoms with E-state index in [0.717, 1.165) is 28.3 Å². The Labute approximate surface area is 216 Å². The van der Waals surface area contributed by atoms with Crippen molar-refractivity contribution in [3.63, 3.8) is 0 Å². The fraction of sp³-hybridized carbons (Fsp3) is 0.214. The molecule has 7 heteroatoms. The van der Waals surface area contributed by atoms with Crippen molar-refractivity contribution in [1.82, 2.24) is 14.9 Å². The van der Waals surface area contributed by atoms with E-state index in [4.69, 9.17) is 23.8 Å². The summed E-state index contributed by atoms with van der Waals surface area (Å²) in [4.78, 5) is 6.60. The first-order valence-corrected chi connectivity index (χ1v) is 12.3. The Morgan fingerprint density at radius 3 is 2.40 bits per heavy atom. The number of nitrogens with zero attached hydrogens (tertiary/aromatic N) is 3. The van der Waals surface area contributed by atoms with Gasteiger partial charge in [-0.3, -0.25) is 4.98 Å². The highest BCUT2D eigenvalue weighted by atomic mass is 35.5. The molecule has 2 atom stereocenters. The van der Waals surface area contributed by atoms with Gasteiger partial charge >= 0.3 is 0 Å². The molecule has 2 unspecified atom stereocenters. The topological polar surface area (TPSA) is 53.3 Å². The van der Waals surface area contributed by atoms with Crippen LogP contribution in [0.5, 0.6) is 5.75 Å². The number of halogens is 1. The third kappa shape index (κ3) is 4.17. The van der Waals surface area contributed by atoms with E-state index in [1.165, 1.54) is 11.1 Å². The predicted molar refractivity (Wildman–Crippen MR) is 146 cm³/mol. The van der Waals surface area contributed by atoms with Crippen LogP contribution in [0.3, 0.4) is 0 Å². The van der Waals surface area contributed by atoms with Gasteiger partial charge in [-0.05, 0) is 105 Å². The molecule has 0 bridgehead atoms. The van der Waals surface area contributed by atoms with Crippen LogP contribution in [0.2, 0.25) is 5.02 Å². The van der Waals surface area contributed by atoms with E-state index < -0.39 is 0 Å². The zero-order valence-electron chi connectivity index (χ0n) is 20.1. The molecule has 1 saturated heterocycles. The number of benzene rings is 2. The van der Waals surface area contributed by atoms with Crippen LogP contribution in [-0.2, 0) is 0 Å². The molecule has 5 nitrogen and oxygen atoms in total. The summed E-state index contributed by atoms with van der Waals surface area (Å²) in [6, 6.07) is 19.2. The predicted octanol–water partition coefficient (Wildman–Crippen LogP) is 6.64. The Kier molecular flexibility index (Phi) is 6.03. The maximum absolute atomic E-state index is 10.8. The second-order valence-corrected chi connectivity index (χ2v) is 9.96. The van der Waals surface area contributed by atoms with Gasteiger partial charge in [-0.15, -0.1) is 0 Å². The summed E-state index contributed by atoms with van der Waals surface area (Å²) in [5.41, 5.74) is 8.33. The van der Waals surface area contributed by atoms with Crippen molar-refractivity contribution in [1.29, 1.82) is 0 Å². The van der Waals surface area contributed by atoms with E-state index in [1.807, 2.05) is 23.1 Å². The van der Waals surface area contributed by atoms with Crippen molar-refractivity contribution < 1.29 is 5.11 Å². The molecule has 5 rings (SSSR count).